The van der Waals surface area contributed by atoms with Crippen molar-refractivity contribution in [3.8, 4) is 12.3 Å². The Bertz CT molecular complexity index is 128. The number of ether oxygens (including phenoxy) is 1. The van der Waals surface area contributed by atoms with E-state index in [4.69, 9.17) is 11.2 Å². The molecule has 0 bridgehead atoms. The van der Waals surface area contributed by atoms with E-state index in [-0.39, 0.29) is 6.10 Å². The van der Waals surface area contributed by atoms with Crippen LogP contribution in [-0.2, 0) is 4.74 Å². The largest absolute Gasteiger partial charge is 0.361 e. The van der Waals surface area contributed by atoms with E-state index in [1.807, 2.05) is 0 Å². The lowest BCUT2D eigenvalue weighted by atomic mass is 10.2. The fourth-order valence-electron chi connectivity index (χ4n) is 0.903. The van der Waals surface area contributed by atoms with Crippen LogP contribution in [0.4, 0.5) is 0 Å². The highest BCUT2D eigenvalue weighted by atomic mass is 127. The van der Waals surface area contributed by atoms with E-state index < -0.39 is 0 Å². The van der Waals surface area contributed by atoms with E-state index in [2.05, 4.69) is 35.4 Å². The summed E-state index contributed by atoms with van der Waals surface area (Å²) in [4.78, 5) is 0. The molecule has 0 aromatic rings. The van der Waals surface area contributed by atoms with E-state index in [9.17, 15) is 0 Å². The minimum atomic E-state index is 0.0712. The average molecular weight is 236 g/mol. The number of alkyl halides is 1. The van der Waals surface area contributed by atoms with Crippen LogP contribution in [0.1, 0.15) is 13.3 Å². The Morgan fingerprint density at radius 2 is 2.44 bits per heavy atom. The molecule has 2 heteroatoms. The molecule has 1 saturated heterocycles. The molecule has 1 nitrogen and oxygen atoms in total. The number of terminal acetylenes is 1. The molecular weight excluding hydrogens is 227 g/mol. The molecule has 0 aliphatic carbocycles. The van der Waals surface area contributed by atoms with Gasteiger partial charge in [-0.1, -0.05) is 28.5 Å². The zero-order chi connectivity index (χ0) is 6.85. The van der Waals surface area contributed by atoms with Crippen molar-refractivity contribution in [3.63, 3.8) is 0 Å². The van der Waals surface area contributed by atoms with Gasteiger partial charge in [0.15, 0.2) is 0 Å². The first-order valence-corrected chi connectivity index (χ1v) is 4.24. The summed E-state index contributed by atoms with van der Waals surface area (Å²) in [6.07, 6.45) is 6.60. The number of halogens is 1. The van der Waals surface area contributed by atoms with Gasteiger partial charge in [-0.05, 0) is 13.3 Å². The summed E-state index contributed by atoms with van der Waals surface area (Å²) in [7, 11) is 0. The summed E-state index contributed by atoms with van der Waals surface area (Å²) in [6, 6.07) is 0. The standard InChI is InChI=1S/C7H9IO/c1-3-6-4-7(8)5(2)9-6/h1,5-7H,4H2,2H3/t5-,6+,7+/m1/s1. The molecule has 0 unspecified atom stereocenters. The topological polar surface area (TPSA) is 9.23 Å². The molecule has 3 atom stereocenters. The van der Waals surface area contributed by atoms with Crippen molar-refractivity contribution in [1.82, 2.24) is 0 Å². The fraction of sp³-hybridized carbons (Fsp3) is 0.714. The van der Waals surface area contributed by atoms with Crippen LogP contribution in [0.2, 0.25) is 0 Å². The lowest BCUT2D eigenvalue weighted by molar-refractivity contribution is 0.0909. The molecule has 1 fully saturated rings. The van der Waals surface area contributed by atoms with Crippen molar-refractivity contribution in [1.29, 1.82) is 0 Å². The van der Waals surface area contributed by atoms with Crippen molar-refractivity contribution in [3.05, 3.63) is 0 Å². The second-order valence-corrected chi connectivity index (χ2v) is 3.85. The molecule has 1 aliphatic heterocycles. The molecule has 9 heavy (non-hydrogen) atoms. The van der Waals surface area contributed by atoms with Gasteiger partial charge in [0.05, 0.1) is 6.10 Å². The van der Waals surface area contributed by atoms with E-state index in [1.165, 1.54) is 0 Å². The van der Waals surface area contributed by atoms with Crippen molar-refractivity contribution >= 4 is 22.6 Å². The lowest BCUT2D eigenvalue weighted by Crippen LogP contribution is -2.09. The van der Waals surface area contributed by atoms with Gasteiger partial charge in [-0.25, -0.2) is 0 Å². The van der Waals surface area contributed by atoms with Crippen LogP contribution >= 0.6 is 22.6 Å². The summed E-state index contributed by atoms with van der Waals surface area (Å²) in [5.41, 5.74) is 0. The Labute approximate surface area is 69.3 Å². The Morgan fingerprint density at radius 1 is 1.78 bits per heavy atom. The third kappa shape index (κ3) is 1.59. The monoisotopic (exact) mass is 236 g/mol. The maximum atomic E-state index is 5.38. The van der Waals surface area contributed by atoms with Crippen LogP contribution in [0.3, 0.4) is 0 Å². The lowest BCUT2D eigenvalue weighted by Gasteiger charge is -2.03. The van der Waals surface area contributed by atoms with Gasteiger partial charge >= 0.3 is 0 Å². The zero-order valence-corrected chi connectivity index (χ0v) is 7.46. The molecule has 50 valence electrons. The van der Waals surface area contributed by atoms with Crippen LogP contribution in [0.5, 0.6) is 0 Å². The van der Waals surface area contributed by atoms with Gasteiger partial charge in [0.1, 0.15) is 6.10 Å². The molecule has 0 aromatic heterocycles. The number of hydrogen-bond donors (Lipinski definition) is 0. The van der Waals surface area contributed by atoms with Gasteiger partial charge in [-0.3, -0.25) is 0 Å². The molecular formula is C7H9IO. The average Bonchev–Trinajstić information content (AvgIpc) is 2.13. The third-order valence-corrected chi connectivity index (χ3v) is 3.03. The Morgan fingerprint density at radius 3 is 2.67 bits per heavy atom. The van der Waals surface area contributed by atoms with Crippen LogP contribution in [0, 0.1) is 12.3 Å². The van der Waals surface area contributed by atoms with Crippen LogP contribution < -0.4 is 0 Å². The van der Waals surface area contributed by atoms with Gasteiger partial charge in [0.25, 0.3) is 0 Å². The highest BCUT2D eigenvalue weighted by molar-refractivity contribution is 14.1. The summed E-state index contributed by atoms with van der Waals surface area (Å²) >= 11 is 2.38. The smallest absolute Gasteiger partial charge is 0.119 e. The molecule has 0 amide bonds. The molecule has 1 rings (SSSR count). The summed E-state index contributed by atoms with van der Waals surface area (Å²) in [5.74, 6) is 2.60. The second kappa shape index (κ2) is 2.89. The molecule has 0 radical (unpaired) electrons. The van der Waals surface area contributed by atoms with Crippen LogP contribution in [0.25, 0.3) is 0 Å². The quantitative estimate of drug-likeness (QED) is 0.352. The highest BCUT2D eigenvalue weighted by Gasteiger charge is 2.28. The highest BCUT2D eigenvalue weighted by Crippen LogP contribution is 2.25. The zero-order valence-electron chi connectivity index (χ0n) is 5.30. The summed E-state index contributed by atoms with van der Waals surface area (Å²) < 4.78 is 5.98. The van der Waals surface area contributed by atoms with Gasteiger partial charge in [-0.15, -0.1) is 6.42 Å². The van der Waals surface area contributed by atoms with Crippen LogP contribution in [-0.4, -0.2) is 16.1 Å². The van der Waals surface area contributed by atoms with E-state index in [1.54, 1.807) is 0 Å². The molecule has 1 heterocycles. The second-order valence-electron chi connectivity index (χ2n) is 2.25. The van der Waals surface area contributed by atoms with Crippen LogP contribution in [0.15, 0.2) is 0 Å². The first kappa shape index (κ1) is 7.36. The number of rotatable bonds is 0. The summed E-state index contributed by atoms with van der Waals surface area (Å²) in [6.45, 7) is 2.06. The van der Waals surface area contributed by atoms with E-state index in [0.29, 0.717) is 10.0 Å². The van der Waals surface area contributed by atoms with E-state index in [0.717, 1.165) is 6.42 Å². The SMILES string of the molecule is C#C[C@H]1C[C@H](I)[C@@H](C)O1. The minimum Gasteiger partial charge on any atom is -0.361 e. The predicted molar refractivity (Wildman–Crippen MR) is 45.6 cm³/mol. The molecule has 0 spiro atoms. The Kier molecular flexibility index (Phi) is 2.36. The minimum absolute atomic E-state index is 0.0712. The van der Waals surface area contributed by atoms with Crippen molar-refractivity contribution in [2.24, 2.45) is 0 Å². The first-order chi connectivity index (χ1) is 4.24. The summed E-state index contributed by atoms with van der Waals surface area (Å²) in [5, 5.41) is 0. The molecule has 0 N–H and O–H groups in total. The molecule has 0 saturated carbocycles. The van der Waals surface area contributed by atoms with Crippen molar-refractivity contribution in [2.75, 3.05) is 0 Å². The van der Waals surface area contributed by atoms with Gasteiger partial charge in [-0.2, -0.15) is 0 Å². The molecule has 0 aromatic carbocycles. The van der Waals surface area contributed by atoms with E-state index >= 15 is 0 Å². The number of hydrogen-bond acceptors (Lipinski definition) is 1. The normalized spacial score (nSPS) is 42.6. The maximum Gasteiger partial charge on any atom is 0.119 e. The first-order valence-electron chi connectivity index (χ1n) is 2.99. The Hall–Kier alpha value is 0.250. The Balaban J connectivity index is 2.46. The van der Waals surface area contributed by atoms with Crippen molar-refractivity contribution < 1.29 is 4.74 Å². The van der Waals surface area contributed by atoms with Gasteiger partial charge < -0.3 is 4.74 Å². The van der Waals surface area contributed by atoms with Crippen molar-refractivity contribution in [2.45, 2.75) is 29.5 Å². The molecule has 1 aliphatic rings. The predicted octanol–water partition coefficient (Wildman–Crippen LogP) is 1.60. The maximum absolute atomic E-state index is 5.38. The van der Waals surface area contributed by atoms with Gasteiger partial charge in [0, 0.05) is 3.92 Å². The van der Waals surface area contributed by atoms with Gasteiger partial charge in [0.2, 0.25) is 0 Å². The third-order valence-electron chi connectivity index (χ3n) is 1.51. The fourth-order valence-corrected chi connectivity index (χ4v) is 1.53.